The van der Waals surface area contributed by atoms with E-state index in [1.807, 2.05) is 6.92 Å². The lowest BCUT2D eigenvalue weighted by atomic mass is 9.33. The van der Waals surface area contributed by atoms with Crippen LogP contribution in [0.25, 0.3) is 0 Å². The normalized spacial score (nSPS) is 52.6. The van der Waals surface area contributed by atoms with E-state index in [-0.39, 0.29) is 34.7 Å². The number of aliphatic carboxylic acids is 1. The van der Waals surface area contributed by atoms with E-state index in [0.29, 0.717) is 24.2 Å². The van der Waals surface area contributed by atoms with Crippen LogP contribution in [0.2, 0.25) is 0 Å². The van der Waals surface area contributed by atoms with Crippen LogP contribution in [0.1, 0.15) is 99.3 Å². The Kier molecular flexibility index (Phi) is 6.59. The molecular weight excluding hydrogens is 504 g/mol. The Morgan fingerprint density at radius 1 is 1.00 bits per heavy atom. The first-order valence-corrected chi connectivity index (χ1v) is 16.1. The van der Waals surface area contributed by atoms with Crippen molar-refractivity contribution < 1.29 is 32.2 Å². The van der Waals surface area contributed by atoms with Gasteiger partial charge in [0.25, 0.3) is 0 Å². The second-order valence-electron chi connectivity index (χ2n) is 14.9. The summed E-state index contributed by atoms with van der Waals surface area (Å²) in [7, 11) is -4.61. The maximum atomic E-state index is 12.9. The molecule has 5 rings (SSSR count). The quantitative estimate of drug-likeness (QED) is 0.294. The summed E-state index contributed by atoms with van der Waals surface area (Å²) in [6, 6.07) is 0. The van der Waals surface area contributed by atoms with E-state index in [0.717, 1.165) is 51.4 Å². The predicted molar refractivity (Wildman–Crippen MR) is 144 cm³/mol. The molecule has 0 radical (unpaired) electrons. The highest BCUT2D eigenvalue weighted by atomic mass is 32.3. The van der Waals surface area contributed by atoms with Gasteiger partial charge in [0.05, 0.1) is 18.1 Å². The second-order valence-corrected chi connectivity index (χ2v) is 15.9. The van der Waals surface area contributed by atoms with Gasteiger partial charge >= 0.3 is 16.4 Å². The fourth-order valence-electron chi connectivity index (χ4n) is 11.1. The molecule has 216 valence electrons. The fraction of sp³-hybridized carbons (Fsp3) is 0.900. The summed E-state index contributed by atoms with van der Waals surface area (Å²) in [6.45, 7) is 13.4. The largest absolute Gasteiger partial charge is 0.481 e. The van der Waals surface area contributed by atoms with Crippen molar-refractivity contribution in [2.75, 3.05) is 6.61 Å². The van der Waals surface area contributed by atoms with Crippen LogP contribution in [0, 0.1) is 56.7 Å². The molecule has 4 fully saturated rings. The first-order valence-electron chi connectivity index (χ1n) is 14.7. The maximum Gasteiger partial charge on any atom is 0.397 e. The van der Waals surface area contributed by atoms with E-state index in [1.54, 1.807) is 0 Å². The number of hydrogen-bond donors (Lipinski definition) is 3. The van der Waals surface area contributed by atoms with E-state index >= 15 is 0 Å². The Morgan fingerprint density at radius 2 is 1.68 bits per heavy atom. The molecule has 0 aliphatic heterocycles. The summed E-state index contributed by atoms with van der Waals surface area (Å²) in [4.78, 5) is 12.9. The molecule has 3 N–H and O–H groups in total. The first-order chi connectivity index (χ1) is 17.5. The highest BCUT2D eigenvalue weighted by Gasteiger charge is 2.70. The van der Waals surface area contributed by atoms with Gasteiger partial charge in [-0.25, -0.2) is 4.18 Å². The van der Waals surface area contributed by atoms with Gasteiger partial charge < -0.3 is 10.2 Å². The molecule has 5 aliphatic rings. The van der Waals surface area contributed by atoms with Crippen LogP contribution >= 0.6 is 0 Å². The Hall–Kier alpha value is -0.960. The average Bonchev–Trinajstić information content (AvgIpc) is 2.82. The molecule has 0 aromatic carbocycles. The zero-order valence-corrected chi connectivity index (χ0v) is 24.8. The zero-order chi connectivity index (χ0) is 28.1. The molecule has 11 atom stereocenters. The molecule has 0 aromatic rings. The minimum atomic E-state index is -4.61. The number of hydrogen-bond acceptors (Lipinski definition) is 5. The van der Waals surface area contributed by atoms with Crippen molar-refractivity contribution in [1.29, 1.82) is 0 Å². The molecule has 0 saturated heterocycles. The van der Waals surface area contributed by atoms with E-state index in [1.165, 1.54) is 5.57 Å². The number of aliphatic hydroxyl groups is 1. The molecule has 5 aliphatic carbocycles. The Morgan fingerprint density at radius 3 is 2.32 bits per heavy atom. The molecule has 0 unspecified atom stereocenters. The number of fused-ring (bicyclic) bond motifs is 7. The van der Waals surface area contributed by atoms with Crippen LogP contribution in [0.15, 0.2) is 11.6 Å². The zero-order valence-electron chi connectivity index (χ0n) is 24.0. The van der Waals surface area contributed by atoms with Crippen LogP contribution in [-0.4, -0.2) is 41.9 Å². The average molecular weight is 553 g/mol. The standard InChI is InChI=1S/C30H48O7S/c1-18-9-14-30(25(32)33)16-15-28(5)20(24(30)19(18)2)7-8-22-26(3)12-11-23(31)27(4,17-37-38(34,35)36)21(26)10-13-29(22,28)6/h7,18-19,21-24,31H,8-17H2,1-6H3,(H,32,33)(H,34,35,36)/t18-,19+,21-,22-,23+,24+,26+,27+,28-,29-,30+/m1/s1. The van der Waals surface area contributed by atoms with Crippen LogP contribution in [-0.2, 0) is 19.4 Å². The van der Waals surface area contributed by atoms with Crippen LogP contribution in [0.4, 0.5) is 0 Å². The number of carboxylic acids is 1. The lowest BCUT2D eigenvalue weighted by molar-refractivity contribution is -0.215. The third-order valence-electron chi connectivity index (χ3n) is 13.7. The second kappa shape index (κ2) is 8.77. The van der Waals surface area contributed by atoms with Gasteiger partial charge in [0.15, 0.2) is 0 Å². The predicted octanol–water partition coefficient (Wildman–Crippen LogP) is 5.89. The SMILES string of the molecule is C[C@H]1[C@H](C)CC[C@]2(C(=O)O)CC[C@]3(C)C(=CC[C@@H]4[C@@]5(C)CC[C@H](O)[C@@](C)(COS(=O)(=O)O)[C@@H]5CC[C@]43C)[C@H]12. The fourth-order valence-corrected chi connectivity index (χ4v) is 11.5. The molecular formula is C30H48O7S. The van der Waals surface area contributed by atoms with E-state index < -0.39 is 33.3 Å². The van der Waals surface area contributed by atoms with Gasteiger partial charge in [0.2, 0.25) is 0 Å². The topological polar surface area (TPSA) is 121 Å². The molecule has 0 spiro atoms. The Balaban J connectivity index is 1.57. The maximum absolute atomic E-state index is 12.9. The van der Waals surface area contributed by atoms with Crippen LogP contribution in [0.5, 0.6) is 0 Å². The van der Waals surface area contributed by atoms with Crippen molar-refractivity contribution in [3.05, 3.63) is 11.6 Å². The van der Waals surface area contributed by atoms with Crippen molar-refractivity contribution in [2.45, 2.75) is 105 Å². The third kappa shape index (κ3) is 3.68. The monoisotopic (exact) mass is 552 g/mol. The van der Waals surface area contributed by atoms with Crippen molar-refractivity contribution in [3.63, 3.8) is 0 Å². The molecule has 38 heavy (non-hydrogen) atoms. The molecule has 0 aromatic heterocycles. The summed E-state index contributed by atoms with van der Waals surface area (Å²) in [5, 5.41) is 21.7. The summed E-state index contributed by atoms with van der Waals surface area (Å²) in [5.41, 5.74) is -0.326. The van der Waals surface area contributed by atoms with E-state index in [4.69, 9.17) is 4.18 Å². The van der Waals surface area contributed by atoms with Crippen molar-refractivity contribution in [3.8, 4) is 0 Å². The van der Waals surface area contributed by atoms with Gasteiger partial charge in [-0.3, -0.25) is 9.35 Å². The number of allylic oxidation sites excluding steroid dienone is 2. The van der Waals surface area contributed by atoms with Gasteiger partial charge in [-0.2, -0.15) is 8.42 Å². The summed E-state index contributed by atoms with van der Waals surface area (Å²) >= 11 is 0. The summed E-state index contributed by atoms with van der Waals surface area (Å²) in [6.07, 6.45) is 9.14. The van der Waals surface area contributed by atoms with Gasteiger partial charge in [-0.1, -0.05) is 53.2 Å². The highest BCUT2D eigenvalue weighted by molar-refractivity contribution is 7.80. The Labute approximate surface area is 228 Å². The minimum absolute atomic E-state index is 0.0273. The van der Waals surface area contributed by atoms with Gasteiger partial charge in [-0.15, -0.1) is 0 Å². The van der Waals surface area contributed by atoms with Crippen molar-refractivity contribution in [1.82, 2.24) is 0 Å². The number of carboxylic acid groups (broad SMARTS) is 1. The van der Waals surface area contributed by atoms with E-state index in [9.17, 15) is 28.0 Å². The molecule has 0 amide bonds. The van der Waals surface area contributed by atoms with Crippen molar-refractivity contribution in [2.24, 2.45) is 56.7 Å². The van der Waals surface area contributed by atoms with Crippen molar-refractivity contribution >= 4 is 16.4 Å². The lowest BCUT2D eigenvalue weighted by Gasteiger charge is -2.71. The lowest BCUT2D eigenvalue weighted by Crippen LogP contribution is -2.66. The van der Waals surface area contributed by atoms with Gasteiger partial charge in [-0.05, 0) is 104 Å². The molecule has 0 heterocycles. The number of carbonyl (C=O) groups is 1. The minimum Gasteiger partial charge on any atom is -0.481 e. The highest BCUT2D eigenvalue weighted by Crippen LogP contribution is 2.75. The smallest absolute Gasteiger partial charge is 0.397 e. The molecule has 7 nitrogen and oxygen atoms in total. The first kappa shape index (κ1) is 28.6. The van der Waals surface area contributed by atoms with Crippen LogP contribution in [0.3, 0.4) is 0 Å². The molecule has 8 heteroatoms. The summed E-state index contributed by atoms with van der Waals surface area (Å²) < 4.78 is 37.2. The molecule has 4 saturated carbocycles. The van der Waals surface area contributed by atoms with Crippen LogP contribution < -0.4 is 0 Å². The van der Waals surface area contributed by atoms with Gasteiger partial charge in [0.1, 0.15) is 0 Å². The number of aliphatic hydroxyl groups excluding tert-OH is 1. The third-order valence-corrected chi connectivity index (χ3v) is 14.1. The number of rotatable bonds is 4. The summed E-state index contributed by atoms with van der Waals surface area (Å²) in [5.74, 6) is 0.637. The Bertz CT molecular complexity index is 1130. The van der Waals surface area contributed by atoms with E-state index in [2.05, 4.69) is 40.7 Å². The molecule has 0 bridgehead atoms. The van der Waals surface area contributed by atoms with Gasteiger partial charge in [0, 0.05) is 5.41 Å².